The van der Waals surface area contributed by atoms with Gasteiger partial charge in [0.1, 0.15) is 0 Å². The molecule has 4 aromatic rings. The normalized spacial score (nSPS) is 11.1. The van der Waals surface area contributed by atoms with Crippen LogP contribution < -0.4 is 4.74 Å². The van der Waals surface area contributed by atoms with Crippen molar-refractivity contribution in [3.63, 3.8) is 0 Å². The van der Waals surface area contributed by atoms with E-state index in [1.54, 1.807) is 48.7 Å². The van der Waals surface area contributed by atoms with E-state index < -0.39 is 0 Å². The Bertz CT molecular complexity index is 1260. The first-order valence-corrected chi connectivity index (χ1v) is 10.9. The molecule has 0 saturated heterocycles. The maximum Gasteiger partial charge on any atom is 0.219 e. The molecule has 0 unspecified atom stereocenters. The summed E-state index contributed by atoms with van der Waals surface area (Å²) in [5.41, 5.74) is 3.18. The third-order valence-corrected chi connectivity index (χ3v) is 5.06. The molecule has 0 aliphatic heterocycles. The van der Waals surface area contributed by atoms with E-state index in [-0.39, 0.29) is 17.3 Å². The van der Waals surface area contributed by atoms with Gasteiger partial charge in [0.25, 0.3) is 0 Å². The minimum Gasteiger partial charge on any atom is -0.437 e. The van der Waals surface area contributed by atoms with E-state index in [2.05, 4.69) is 4.98 Å². The van der Waals surface area contributed by atoms with Gasteiger partial charge in [-0.1, -0.05) is 78.9 Å². The smallest absolute Gasteiger partial charge is 0.219 e. The van der Waals surface area contributed by atoms with Gasteiger partial charge in [0.15, 0.2) is 17.3 Å². The monoisotopic (exact) mass is 445 g/mol. The molecule has 0 radical (unpaired) electrons. The average Bonchev–Trinajstić information content (AvgIpc) is 2.88. The molecule has 0 atom stereocenters. The zero-order valence-electron chi connectivity index (χ0n) is 18.7. The molecule has 0 saturated carbocycles. The molecule has 166 valence electrons. The van der Waals surface area contributed by atoms with Gasteiger partial charge in [0.05, 0.1) is 11.1 Å². The number of allylic oxidation sites excluding steroid dienone is 2. The van der Waals surface area contributed by atoms with Crippen LogP contribution in [0, 0.1) is 6.92 Å². The van der Waals surface area contributed by atoms with Gasteiger partial charge in [0, 0.05) is 12.3 Å². The second kappa shape index (κ2) is 10.8. The molecule has 1 aromatic heterocycles. The molecule has 0 aliphatic carbocycles. The van der Waals surface area contributed by atoms with Crippen molar-refractivity contribution in [1.29, 1.82) is 0 Å². The third-order valence-electron chi connectivity index (χ3n) is 5.06. The molecule has 0 aliphatic rings. The van der Waals surface area contributed by atoms with Crippen LogP contribution in [0.4, 0.5) is 0 Å². The Labute approximate surface area is 198 Å². The highest BCUT2D eigenvalue weighted by molar-refractivity contribution is 6.14. The van der Waals surface area contributed by atoms with E-state index in [0.717, 1.165) is 16.7 Å². The SMILES string of the molecule is Cc1cc(C(=O)/C=C/c2ccccc2)c(Oc2ccccn2)c(C(=O)/C=C/c2ccccc2)c1. The summed E-state index contributed by atoms with van der Waals surface area (Å²) in [4.78, 5) is 30.6. The van der Waals surface area contributed by atoms with Crippen LogP contribution in [0.15, 0.2) is 109 Å². The van der Waals surface area contributed by atoms with E-state index in [1.165, 1.54) is 12.2 Å². The van der Waals surface area contributed by atoms with E-state index in [1.807, 2.05) is 67.6 Å². The molecule has 4 rings (SSSR count). The van der Waals surface area contributed by atoms with Gasteiger partial charge in [-0.2, -0.15) is 0 Å². The minimum atomic E-state index is -0.264. The molecule has 0 spiro atoms. The first-order chi connectivity index (χ1) is 16.6. The number of ether oxygens (including phenoxy) is 1. The summed E-state index contributed by atoms with van der Waals surface area (Å²) in [6.45, 7) is 1.85. The molecule has 0 amide bonds. The summed E-state index contributed by atoms with van der Waals surface area (Å²) in [6, 6.07) is 27.8. The van der Waals surface area contributed by atoms with Crippen molar-refractivity contribution in [2.45, 2.75) is 6.92 Å². The highest BCUT2D eigenvalue weighted by Crippen LogP contribution is 2.31. The van der Waals surface area contributed by atoms with Gasteiger partial charge in [-0.05, 0) is 54.0 Å². The summed E-state index contributed by atoms with van der Waals surface area (Å²) in [6.07, 6.45) is 8.06. The lowest BCUT2D eigenvalue weighted by Crippen LogP contribution is -2.07. The number of carbonyl (C=O) groups is 2. The lowest BCUT2D eigenvalue weighted by Gasteiger charge is -2.14. The van der Waals surface area contributed by atoms with E-state index >= 15 is 0 Å². The number of aryl methyl sites for hydroxylation is 1. The Balaban J connectivity index is 1.74. The van der Waals surface area contributed by atoms with E-state index in [9.17, 15) is 9.59 Å². The number of pyridine rings is 1. The van der Waals surface area contributed by atoms with Gasteiger partial charge in [-0.25, -0.2) is 4.98 Å². The van der Waals surface area contributed by atoms with Crippen LogP contribution in [0.1, 0.15) is 37.4 Å². The summed E-state index contributed by atoms with van der Waals surface area (Å²) < 4.78 is 6.02. The van der Waals surface area contributed by atoms with Gasteiger partial charge in [-0.3, -0.25) is 9.59 Å². The number of carbonyl (C=O) groups excluding carboxylic acids is 2. The fraction of sp³-hybridized carbons (Fsp3) is 0.0333. The molecule has 34 heavy (non-hydrogen) atoms. The van der Waals surface area contributed by atoms with Gasteiger partial charge >= 0.3 is 0 Å². The van der Waals surface area contributed by atoms with Crippen molar-refractivity contribution < 1.29 is 14.3 Å². The fourth-order valence-electron chi connectivity index (χ4n) is 3.41. The van der Waals surface area contributed by atoms with Gasteiger partial charge < -0.3 is 4.74 Å². The van der Waals surface area contributed by atoms with Crippen LogP contribution in [0.3, 0.4) is 0 Å². The molecule has 0 N–H and O–H groups in total. The zero-order chi connectivity index (χ0) is 23.8. The molecular formula is C30H23NO3. The Morgan fingerprint density at radius 1 is 0.706 bits per heavy atom. The number of ketones is 2. The summed E-state index contributed by atoms with van der Waals surface area (Å²) in [5, 5.41) is 0. The number of nitrogens with zero attached hydrogens (tertiary/aromatic N) is 1. The van der Waals surface area contributed by atoms with Crippen molar-refractivity contribution in [3.8, 4) is 11.6 Å². The van der Waals surface area contributed by atoms with Crippen LogP contribution in [-0.2, 0) is 0 Å². The largest absolute Gasteiger partial charge is 0.437 e. The highest BCUT2D eigenvalue weighted by atomic mass is 16.5. The molecule has 4 heteroatoms. The molecule has 1 heterocycles. The fourth-order valence-corrected chi connectivity index (χ4v) is 3.41. The quantitative estimate of drug-likeness (QED) is 0.217. The lowest BCUT2D eigenvalue weighted by atomic mass is 9.98. The Hall–Kier alpha value is -4.57. The van der Waals surface area contributed by atoms with Crippen LogP contribution in [-0.4, -0.2) is 16.6 Å². The topological polar surface area (TPSA) is 56.3 Å². The molecule has 0 fully saturated rings. The predicted octanol–water partition coefficient (Wildman–Crippen LogP) is 6.97. The number of hydrogen-bond acceptors (Lipinski definition) is 4. The third kappa shape index (κ3) is 5.81. The van der Waals surface area contributed by atoms with Crippen LogP contribution in [0.5, 0.6) is 11.6 Å². The number of aromatic nitrogens is 1. The highest BCUT2D eigenvalue weighted by Gasteiger charge is 2.21. The number of rotatable bonds is 8. The van der Waals surface area contributed by atoms with Crippen molar-refractivity contribution >= 4 is 23.7 Å². The predicted molar refractivity (Wildman–Crippen MR) is 135 cm³/mol. The maximum atomic E-state index is 13.2. The Morgan fingerprint density at radius 3 is 1.68 bits per heavy atom. The van der Waals surface area contributed by atoms with Crippen molar-refractivity contribution in [2.75, 3.05) is 0 Å². The molecular weight excluding hydrogens is 422 g/mol. The molecule has 0 bridgehead atoms. The zero-order valence-corrected chi connectivity index (χ0v) is 18.7. The van der Waals surface area contributed by atoms with E-state index in [4.69, 9.17) is 4.74 Å². The summed E-state index contributed by atoms with van der Waals surface area (Å²) in [5.74, 6) is -0.0394. The van der Waals surface area contributed by atoms with Crippen molar-refractivity contribution in [1.82, 2.24) is 4.98 Å². The molecule has 3 aromatic carbocycles. The van der Waals surface area contributed by atoms with Crippen molar-refractivity contribution in [3.05, 3.63) is 137 Å². The Morgan fingerprint density at radius 2 is 1.21 bits per heavy atom. The first kappa shape index (κ1) is 22.6. The second-order valence-corrected chi connectivity index (χ2v) is 7.68. The number of benzene rings is 3. The summed E-state index contributed by atoms with van der Waals surface area (Å²) in [7, 11) is 0. The average molecular weight is 446 g/mol. The van der Waals surface area contributed by atoms with Crippen LogP contribution in [0.2, 0.25) is 0 Å². The Kier molecular flexibility index (Phi) is 7.21. The maximum absolute atomic E-state index is 13.2. The second-order valence-electron chi connectivity index (χ2n) is 7.68. The van der Waals surface area contributed by atoms with Crippen molar-refractivity contribution in [2.24, 2.45) is 0 Å². The standard InChI is InChI=1S/C30H23NO3/c1-22-20-25(27(32)17-15-23-10-4-2-5-11-23)30(34-29-14-8-9-19-31-29)26(21-22)28(33)18-16-24-12-6-3-7-13-24/h2-21H,1H3/b17-15+,18-16+. The van der Waals surface area contributed by atoms with E-state index in [0.29, 0.717) is 17.0 Å². The van der Waals surface area contributed by atoms with Crippen LogP contribution in [0.25, 0.3) is 12.2 Å². The molecule has 4 nitrogen and oxygen atoms in total. The number of hydrogen-bond donors (Lipinski definition) is 0. The van der Waals surface area contributed by atoms with Gasteiger partial charge in [0.2, 0.25) is 5.88 Å². The van der Waals surface area contributed by atoms with Gasteiger partial charge in [-0.15, -0.1) is 0 Å². The lowest BCUT2D eigenvalue weighted by molar-refractivity contribution is 0.104. The minimum absolute atomic E-state index is 0.190. The first-order valence-electron chi connectivity index (χ1n) is 10.9. The summed E-state index contributed by atoms with van der Waals surface area (Å²) >= 11 is 0. The van der Waals surface area contributed by atoms with Crippen LogP contribution >= 0.6 is 0 Å².